The molecule has 2 aromatic rings. The summed E-state index contributed by atoms with van der Waals surface area (Å²) in [6.07, 6.45) is -1.08. The summed E-state index contributed by atoms with van der Waals surface area (Å²) in [4.78, 5) is 20.7. The first-order valence-corrected chi connectivity index (χ1v) is 10.3. The van der Waals surface area contributed by atoms with E-state index in [2.05, 4.69) is 20.4 Å². The summed E-state index contributed by atoms with van der Waals surface area (Å²) in [5, 5.41) is 6.60. The molecule has 4 rings (SSSR count). The highest BCUT2D eigenvalue weighted by molar-refractivity contribution is 5.83. The Kier molecular flexibility index (Phi) is 6.06. The van der Waals surface area contributed by atoms with Crippen molar-refractivity contribution in [2.75, 3.05) is 18.5 Å². The number of hydrogen-bond donors (Lipinski definition) is 1. The standard InChI is InChI=1S/C20H23F4N5O3/c1-12-4-8-29(28-12)17-25-15(14-11-31-9-7-20(14,23)24)10-16(26-17)27-18(30)32-13-2-5-19(21,22)6-3-13/h4,8,10,13-14H,2-3,5-7,9,11H2,1H3,(H,25,26,27,30). The molecule has 2 aromatic heterocycles. The van der Waals surface area contributed by atoms with Crippen LogP contribution in [0.25, 0.3) is 5.95 Å². The van der Waals surface area contributed by atoms with Crippen LogP contribution in [0.2, 0.25) is 0 Å². The lowest BCUT2D eigenvalue weighted by atomic mass is 9.94. The van der Waals surface area contributed by atoms with Gasteiger partial charge in [0, 0.05) is 31.5 Å². The Bertz CT molecular complexity index is 974. The third kappa shape index (κ3) is 5.17. The van der Waals surface area contributed by atoms with E-state index in [1.807, 2.05) is 0 Å². The van der Waals surface area contributed by atoms with Gasteiger partial charge in [-0.05, 0) is 25.8 Å². The molecule has 32 heavy (non-hydrogen) atoms. The molecule has 1 aliphatic heterocycles. The molecule has 0 bridgehead atoms. The topological polar surface area (TPSA) is 91.2 Å². The van der Waals surface area contributed by atoms with Gasteiger partial charge in [-0.15, -0.1) is 0 Å². The normalized spacial score (nSPS) is 23.0. The molecule has 1 saturated heterocycles. The van der Waals surface area contributed by atoms with E-state index < -0.39 is 36.4 Å². The Morgan fingerprint density at radius 3 is 2.62 bits per heavy atom. The van der Waals surface area contributed by atoms with E-state index in [0.717, 1.165) is 0 Å². The second kappa shape index (κ2) is 8.64. The molecular weight excluding hydrogens is 434 g/mol. The van der Waals surface area contributed by atoms with Gasteiger partial charge in [0.05, 0.1) is 30.5 Å². The van der Waals surface area contributed by atoms with E-state index in [1.165, 1.54) is 10.7 Å². The molecule has 1 aliphatic carbocycles. The maximum absolute atomic E-state index is 14.5. The Hall–Kier alpha value is -2.76. The van der Waals surface area contributed by atoms with Gasteiger partial charge in [0.25, 0.3) is 11.9 Å². The SMILES string of the molecule is Cc1ccn(-c2nc(NC(=O)OC3CCC(F)(F)CC3)cc(C3COCCC3(F)F)n2)n1. The third-order valence-corrected chi connectivity index (χ3v) is 5.56. The van der Waals surface area contributed by atoms with E-state index in [1.54, 1.807) is 19.2 Å². The molecule has 174 valence electrons. The molecule has 0 aromatic carbocycles. The highest BCUT2D eigenvalue weighted by Gasteiger charge is 2.44. The lowest BCUT2D eigenvalue weighted by Crippen LogP contribution is -2.37. The molecule has 2 fully saturated rings. The van der Waals surface area contributed by atoms with Crippen LogP contribution in [0.4, 0.5) is 28.2 Å². The Morgan fingerprint density at radius 2 is 1.97 bits per heavy atom. The first kappa shape index (κ1) is 22.4. The molecule has 1 saturated carbocycles. The number of alkyl halides is 4. The lowest BCUT2D eigenvalue weighted by Gasteiger charge is -2.31. The minimum atomic E-state index is -3.05. The zero-order chi connectivity index (χ0) is 22.9. The van der Waals surface area contributed by atoms with E-state index in [0.29, 0.717) is 5.69 Å². The Morgan fingerprint density at radius 1 is 1.22 bits per heavy atom. The highest BCUT2D eigenvalue weighted by atomic mass is 19.3. The Balaban J connectivity index is 1.56. The number of aryl methyl sites for hydroxylation is 1. The van der Waals surface area contributed by atoms with Crippen LogP contribution in [0.5, 0.6) is 0 Å². The molecule has 1 amide bonds. The third-order valence-electron chi connectivity index (χ3n) is 5.56. The number of ether oxygens (including phenoxy) is 2. The second-order valence-electron chi connectivity index (χ2n) is 8.10. The number of hydrogen-bond acceptors (Lipinski definition) is 6. The van der Waals surface area contributed by atoms with Crippen LogP contribution >= 0.6 is 0 Å². The van der Waals surface area contributed by atoms with Crippen molar-refractivity contribution in [3.8, 4) is 5.95 Å². The predicted molar refractivity (Wildman–Crippen MR) is 104 cm³/mol. The quantitative estimate of drug-likeness (QED) is 0.691. The molecule has 0 radical (unpaired) electrons. The molecule has 0 spiro atoms. The first-order chi connectivity index (χ1) is 15.1. The van der Waals surface area contributed by atoms with Crippen LogP contribution in [0.1, 0.15) is 49.4 Å². The molecule has 2 aliphatic rings. The molecule has 8 nitrogen and oxygen atoms in total. The lowest BCUT2D eigenvalue weighted by molar-refractivity contribution is -0.113. The van der Waals surface area contributed by atoms with Crippen molar-refractivity contribution in [3.63, 3.8) is 0 Å². The molecular formula is C20H23F4N5O3. The van der Waals surface area contributed by atoms with E-state index >= 15 is 0 Å². The van der Waals surface area contributed by atoms with Gasteiger partial charge >= 0.3 is 6.09 Å². The number of nitrogens with one attached hydrogen (secondary N) is 1. The minimum absolute atomic E-state index is 0.00965. The smallest absolute Gasteiger partial charge is 0.413 e. The van der Waals surface area contributed by atoms with Crippen LogP contribution in [0.3, 0.4) is 0 Å². The fourth-order valence-electron chi connectivity index (χ4n) is 3.75. The zero-order valence-corrected chi connectivity index (χ0v) is 17.4. The van der Waals surface area contributed by atoms with Gasteiger partial charge in [0.1, 0.15) is 11.9 Å². The maximum atomic E-state index is 14.5. The molecule has 1 unspecified atom stereocenters. The zero-order valence-electron chi connectivity index (χ0n) is 17.4. The van der Waals surface area contributed by atoms with Crippen LogP contribution in [-0.2, 0) is 9.47 Å². The number of carbonyl (C=O) groups excluding carboxylic acids is 1. The molecule has 1 N–H and O–H groups in total. The van der Waals surface area contributed by atoms with Gasteiger partial charge in [-0.1, -0.05) is 0 Å². The summed E-state index contributed by atoms with van der Waals surface area (Å²) in [5.41, 5.74) is 0.647. The summed E-state index contributed by atoms with van der Waals surface area (Å²) in [5.74, 6) is -7.20. The molecule has 1 atom stereocenters. The number of aromatic nitrogens is 4. The summed E-state index contributed by atoms with van der Waals surface area (Å²) in [6.45, 7) is 1.45. The maximum Gasteiger partial charge on any atom is 0.413 e. The highest BCUT2D eigenvalue weighted by Crippen LogP contribution is 2.39. The number of anilines is 1. The molecule has 12 heteroatoms. The fraction of sp³-hybridized carbons (Fsp3) is 0.600. The predicted octanol–water partition coefficient (Wildman–Crippen LogP) is 4.24. The van der Waals surface area contributed by atoms with Gasteiger partial charge in [-0.2, -0.15) is 10.1 Å². The van der Waals surface area contributed by atoms with Crippen LogP contribution in [-0.4, -0.2) is 57.0 Å². The average Bonchev–Trinajstić information content (AvgIpc) is 3.15. The van der Waals surface area contributed by atoms with E-state index in [4.69, 9.17) is 9.47 Å². The van der Waals surface area contributed by atoms with Crippen LogP contribution in [0, 0.1) is 6.92 Å². The van der Waals surface area contributed by atoms with Crippen molar-refractivity contribution in [1.29, 1.82) is 0 Å². The summed E-state index contributed by atoms with van der Waals surface area (Å²) >= 11 is 0. The number of amides is 1. The van der Waals surface area contributed by atoms with Crippen LogP contribution in [0.15, 0.2) is 18.3 Å². The van der Waals surface area contributed by atoms with Crippen molar-refractivity contribution in [2.24, 2.45) is 0 Å². The van der Waals surface area contributed by atoms with E-state index in [-0.39, 0.29) is 56.4 Å². The van der Waals surface area contributed by atoms with Crippen LogP contribution < -0.4 is 5.32 Å². The van der Waals surface area contributed by atoms with Gasteiger partial charge in [-0.3, -0.25) is 5.32 Å². The largest absolute Gasteiger partial charge is 0.446 e. The fourth-order valence-corrected chi connectivity index (χ4v) is 3.75. The van der Waals surface area contributed by atoms with Crippen molar-refractivity contribution in [3.05, 3.63) is 29.7 Å². The number of nitrogens with zero attached hydrogens (tertiary/aromatic N) is 4. The van der Waals surface area contributed by atoms with Gasteiger partial charge in [-0.25, -0.2) is 32.0 Å². The first-order valence-electron chi connectivity index (χ1n) is 10.3. The number of rotatable bonds is 4. The van der Waals surface area contributed by atoms with Crippen molar-refractivity contribution in [1.82, 2.24) is 19.7 Å². The van der Waals surface area contributed by atoms with Gasteiger partial charge in [0.2, 0.25) is 5.92 Å². The van der Waals surface area contributed by atoms with Gasteiger partial charge in [0.15, 0.2) is 0 Å². The van der Waals surface area contributed by atoms with Crippen molar-refractivity contribution < 1.29 is 31.8 Å². The van der Waals surface area contributed by atoms with Crippen molar-refractivity contribution >= 4 is 11.9 Å². The average molecular weight is 457 g/mol. The summed E-state index contributed by atoms with van der Waals surface area (Å²) < 4.78 is 67.4. The monoisotopic (exact) mass is 457 g/mol. The van der Waals surface area contributed by atoms with E-state index in [9.17, 15) is 22.4 Å². The summed E-state index contributed by atoms with van der Waals surface area (Å²) in [6, 6.07) is 2.93. The Labute approximate surface area is 181 Å². The number of carbonyl (C=O) groups is 1. The molecule has 3 heterocycles. The number of halogens is 4. The second-order valence-corrected chi connectivity index (χ2v) is 8.10. The van der Waals surface area contributed by atoms with Gasteiger partial charge < -0.3 is 9.47 Å². The minimum Gasteiger partial charge on any atom is -0.446 e. The summed E-state index contributed by atoms with van der Waals surface area (Å²) in [7, 11) is 0. The van der Waals surface area contributed by atoms with Crippen molar-refractivity contribution in [2.45, 2.75) is 62.9 Å².